The van der Waals surface area contributed by atoms with Crippen LogP contribution >= 0.6 is 0 Å². The van der Waals surface area contributed by atoms with Crippen LogP contribution in [0.1, 0.15) is 34.5 Å². The maximum atomic E-state index is 13.6. The first-order chi connectivity index (χ1) is 14.5. The number of pyridine rings is 1. The molecule has 0 bridgehead atoms. The highest BCUT2D eigenvalue weighted by Crippen LogP contribution is 2.35. The lowest BCUT2D eigenvalue weighted by atomic mass is 9.74. The van der Waals surface area contributed by atoms with E-state index in [0.29, 0.717) is 41.9 Å². The van der Waals surface area contributed by atoms with Crippen molar-refractivity contribution in [3.8, 4) is 5.75 Å². The number of amides is 1. The summed E-state index contributed by atoms with van der Waals surface area (Å²) in [5.41, 5.74) is 2.62. The summed E-state index contributed by atoms with van der Waals surface area (Å²) in [6, 6.07) is 14.1. The summed E-state index contributed by atoms with van der Waals surface area (Å²) in [7, 11) is 1.65. The molecule has 30 heavy (non-hydrogen) atoms. The molecule has 2 aromatic carbocycles. The van der Waals surface area contributed by atoms with Crippen LogP contribution in [0.3, 0.4) is 0 Å². The van der Waals surface area contributed by atoms with Crippen molar-refractivity contribution >= 4 is 16.8 Å². The number of aryl methyl sites for hydroxylation is 1. The summed E-state index contributed by atoms with van der Waals surface area (Å²) in [6.07, 6.45) is 1.64. The number of carbonyl (C=O) groups is 1. The largest absolute Gasteiger partial charge is 0.497 e. The van der Waals surface area contributed by atoms with Gasteiger partial charge in [-0.15, -0.1) is 0 Å². The summed E-state index contributed by atoms with van der Waals surface area (Å²) in [6.45, 7) is 3.60. The summed E-state index contributed by atoms with van der Waals surface area (Å²) in [5, 5.41) is 3.77. The molecule has 0 radical (unpaired) electrons. The monoisotopic (exact) mass is 408 g/mol. The molecule has 156 valence electrons. The number of methoxy groups -OCH3 is 1. The molecule has 1 aliphatic rings. The van der Waals surface area contributed by atoms with Gasteiger partial charge in [0.1, 0.15) is 11.6 Å². The molecule has 0 saturated carbocycles. The molecule has 5 nitrogen and oxygen atoms in total. The topological polar surface area (TPSA) is 60.5 Å². The van der Waals surface area contributed by atoms with E-state index in [9.17, 15) is 9.18 Å². The molecule has 0 unspecified atom stereocenters. The van der Waals surface area contributed by atoms with Crippen LogP contribution in [0.4, 0.5) is 4.39 Å². The fraction of sp³-hybridized carbons (Fsp3) is 0.333. The maximum absolute atomic E-state index is 13.6. The minimum Gasteiger partial charge on any atom is -0.497 e. The van der Waals surface area contributed by atoms with Gasteiger partial charge >= 0.3 is 0 Å². The molecule has 2 heterocycles. The van der Waals surface area contributed by atoms with Gasteiger partial charge in [0, 0.05) is 42.3 Å². The second-order valence-electron chi connectivity index (χ2n) is 7.78. The molecule has 1 aromatic heterocycles. The van der Waals surface area contributed by atoms with E-state index < -0.39 is 0 Å². The lowest BCUT2D eigenvalue weighted by molar-refractivity contribution is 0.0487. The van der Waals surface area contributed by atoms with Gasteiger partial charge in [-0.05, 0) is 55.7 Å². The van der Waals surface area contributed by atoms with E-state index in [-0.39, 0.29) is 17.1 Å². The van der Waals surface area contributed by atoms with Crippen molar-refractivity contribution in [1.82, 2.24) is 10.3 Å². The van der Waals surface area contributed by atoms with Crippen LogP contribution in [0.25, 0.3) is 10.9 Å². The summed E-state index contributed by atoms with van der Waals surface area (Å²) >= 11 is 0. The molecule has 0 atom stereocenters. The molecule has 3 aromatic rings. The predicted octanol–water partition coefficient (Wildman–Crippen LogP) is 4.17. The van der Waals surface area contributed by atoms with Gasteiger partial charge in [-0.1, -0.05) is 12.1 Å². The predicted molar refractivity (Wildman–Crippen MR) is 113 cm³/mol. The van der Waals surface area contributed by atoms with Crippen molar-refractivity contribution in [1.29, 1.82) is 0 Å². The van der Waals surface area contributed by atoms with E-state index >= 15 is 0 Å². The Morgan fingerprint density at radius 3 is 2.60 bits per heavy atom. The number of benzene rings is 2. The second kappa shape index (κ2) is 8.40. The van der Waals surface area contributed by atoms with Crippen LogP contribution in [0.2, 0.25) is 0 Å². The Hall–Kier alpha value is -2.99. The Morgan fingerprint density at radius 1 is 1.17 bits per heavy atom. The number of ether oxygens (including phenoxy) is 2. The lowest BCUT2D eigenvalue weighted by Crippen LogP contribution is -2.44. The Balaban J connectivity index is 1.61. The average Bonchev–Trinajstić information content (AvgIpc) is 2.77. The molecule has 0 spiro atoms. The van der Waals surface area contributed by atoms with Gasteiger partial charge < -0.3 is 14.8 Å². The molecule has 1 amide bonds. The number of fused-ring (bicyclic) bond motifs is 1. The highest BCUT2D eigenvalue weighted by molar-refractivity contribution is 6.06. The number of hydrogen-bond donors (Lipinski definition) is 1. The van der Waals surface area contributed by atoms with E-state index in [2.05, 4.69) is 22.4 Å². The molecule has 1 fully saturated rings. The van der Waals surface area contributed by atoms with Gasteiger partial charge in [0.2, 0.25) is 0 Å². The van der Waals surface area contributed by atoms with Gasteiger partial charge in [0.25, 0.3) is 5.91 Å². The number of nitrogens with zero attached hydrogens (tertiary/aromatic N) is 1. The minimum absolute atomic E-state index is 0.184. The molecule has 0 aliphatic carbocycles. The average molecular weight is 408 g/mol. The molecule has 1 N–H and O–H groups in total. The zero-order valence-corrected chi connectivity index (χ0v) is 17.2. The first kappa shape index (κ1) is 20.3. The van der Waals surface area contributed by atoms with E-state index in [4.69, 9.17) is 9.47 Å². The lowest BCUT2D eigenvalue weighted by Gasteiger charge is -2.38. The summed E-state index contributed by atoms with van der Waals surface area (Å²) < 4.78 is 24.5. The zero-order valence-electron chi connectivity index (χ0n) is 17.2. The van der Waals surface area contributed by atoms with Gasteiger partial charge in [0.15, 0.2) is 0 Å². The molecular formula is C24H25FN2O3. The third-order valence-corrected chi connectivity index (χ3v) is 5.88. The number of carbonyl (C=O) groups excluding carboxylic acids is 1. The molecule has 4 rings (SSSR count). The highest BCUT2D eigenvalue weighted by Gasteiger charge is 2.35. The Morgan fingerprint density at radius 2 is 1.90 bits per heavy atom. The third-order valence-electron chi connectivity index (χ3n) is 5.88. The minimum atomic E-state index is -0.368. The zero-order chi connectivity index (χ0) is 21.1. The van der Waals surface area contributed by atoms with Crippen molar-refractivity contribution in [2.45, 2.75) is 25.2 Å². The third kappa shape index (κ3) is 4.00. The van der Waals surface area contributed by atoms with Crippen molar-refractivity contribution in [2.75, 3.05) is 26.9 Å². The van der Waals surface area contributed by atoms with E-state index in [1.54, 1.807) is 26.2 Å². The Bertz CT molecular complexity index is 1050. The van der Waals surface area contributed by atoms with E-state index in [1.165, 1.54) is 12.1 Å². The SMILES string of the molecule is COc1ccc(C2(CNC(=O)c3cc(C)nc4cc(F)ccc34)CCOCC2)cc1. The van der Waals surface area contributed by atoms with Crippen molar-refractivity contribution in [3.05, 3.63) is 71.2 Å². The standard InChI is InChI=1S/C24H25FN2O3/c1-16-13-21(20-8-5-18(25)14-22(20)27-16)23(28)26-15-24(9-11-30-12-10-24)17-3-6-19(29-2)7-4-17/h3-8,13-14H,9-12,15H2,1-2H3,(H,26,28). The van der Waals surface area contributed by atoms with Gasteiger partial charge in [-0.2, -0.15) is 0 Å². The summed E-state index contributed by atoms with van der Waals surface area (Å²) in [4.78, 5) is 17.5. The van der Waals surface area contributed by atoms with Gasteiger partial charge in [-0.3, -0.25) is 9.78 Å². The fourth-order valence-corrected chi connectivity index (χ4v) is 4.14. The summed E-state index contributed by atoms with van der Waals surface area (Å²) in [5.74, 6) is 0.250. The smallest absolute Gasteiger partial charge is 0.252 e. The van der Waals surface area contributed by atoms with Gasteiger partial charge in [0.05, 0.1) is 18.2 Å². The van der Waals surface area contributed by atoms with Crippen molar-refractivity contribution in [2.24, 2.45) is 0 Å². The molecule has 6 heteroatoms. The fourth-order valence-electron chi connectivity index (χ4n) is 4.14. The van der Waals surface area contributed by atoms with Crippen LogP contribution in [0.5, 0.6) is 5.75 Å². The second-order valence-corrected chi connectivity index (χ2v) is 7.78. The quantitative estimate of drug-likeness (QED) is 0.688. The molecule has 1 saturated heterocycles. The van der Waals surface area contributed by atoms with Crippen LogP contribution in [-0.2, 0) is 10.2 Å². The van der Waals surface area contributed by atoms with E-state index in [1.807, 2.05) is 12.1 Å². The van der Waals surface area contributed by atoms with Crippen LogP contribution in [-0.4, -0.2) is 37.8 Å². The Labute approximate surface area is 175 Å². The van der Waals surface area contributed by atoms with Crippen LogP contribution < -0.4 is 10.1 Å². The first-order valence-corrected chi connectivity index (χ1v) is 10.1. The number of aromatic nitrogens is 1. The number of halogens is 1. The van der Waals surface area contributed by atoms with Crippen LogP contribution in [0, 0.1) is 12.7 Å². The number of nitrogens with one attached hydrogen (secondary N) is 1. The number of rotatable bonds is 5. The van der Waals surface area contributed by atoms with Crippen molar-refractivity contribution in [3.63, 3.8) is 0 Å². The molecular weight excluding hydrogens is 383 g/mol. The highest BCUT2D eigenvalue weighted by atomic mass is 19.1. The number of hydrogen-bond acceptors (Lipinski definition) is 4. The van der Waals surface area contributed by atoms with Gasteiger partial charge in [-0.25, -0.2) is 4.39 Å². The molecule has 1 aliphatic heterocycles. The normalized spacial score (nSPS) is 15.7. The maximum Gasteiger partial charge on any atom is 0.252 e. The van der Waals surface area contributed by atoms with Crippen LogP contribution in [0.15, 0.2) is 48.5 Å². The van der Waals surface area contributed by atoms with Crippen molar-refractivity contribution < 1.29 is 18.7 Å². The Kier molecular flexibility index (Phi) is 5.68. The van der Waals surface area contributed by atoms with E-state index in [0.717, 1.165) is 24.2 Å². The first-order valence-electron chi connectivity index (χ1n) is 10.1.